The summed E-state index contributed by atoms with van der Waals surface area (Å²) in [7, 11) is 0. The normalized spacial score (nSPS) is 10.5. The molecule has 0 atom stereocenters. The van der Waals surface area contributed by atoms with Crippen LogP contribution in [0, 0.1) is 5.41 Å². The minimum atomic E-state index is 0.403. The van der Waals surface area contributed by atoms with Gasteiger partial charge in [-0.2, -0.15) is 0 Å². The van der Waals surface area contributed by atoms with Crippen LogP contribution in [0.4, 0.5) is 17.4 Å². The molecular weight excluding hydrogens is 288 g/mol. The Kier molecular flexibility index (Phi) is 4.10. The maximum absolute atomic E-state index is 7.34. The van der Waals surface area contributed by atoms with Crippen molar-refractivity contribution in [2.24, 2.45) is 0 Å². The van der Waals surface area contributed by atoms with Gasteiger partial charge in [-0.15, -0.1) is 0 Å². The molecule has 0 saturated carbocycles. The van der Waals surface area contributed by atoms with E-state index in [9.17, 15) is 0 Å². The number of aromatic nitrogens is 1. The maximum Gasteiger partial charge on any atom is 0.299 e. The van der Waals surface area contributed by atoms with Crippen molar-refractivity contribution in [3.63, 3.8) is 0 Å². The zero-order chi connectivity index (χ0) is 16.2. The lowest BCUT2D eigenvalue weighted by molar-refractivity contribution is 0.592. The summed E-state index contributed by atoms with van der Waals surface area (Å²) >= 11 is 0. The first-order valence-corrected chi connectivity index (χ1v) is 7.41. The maximum atomic E-state index is 7.34. The van der Waals surface area contributed by atoms with E-state index in [-0.39, 0.29) is 0 Å². The second-order valence-corrected chi connectivity index (χ2v) is 5.19. The molecule has 116 valence electrons. The number of hydrogen-bond donors (Lipinski definition) is 3. The van der Waals surface area contributed by atoms with Crippen LogP contribution in [-0.4, -0.2) is 11.2 Å². The first kappa shape index (κ1) is 14.8. The third kappa shape index (κ3) is 3.23. The van der Waals surface area contributed by atoms with E-state index >= 15 is 0 Å². The van der Waals surface area contributed by atoms with Crippen molar-refractivity contribution in [3.8, 4) is 11.3 Å². The lowest BCUT2D eigenvalue weighted by atomic mass is 10.1. The van der Waals surface area contributed by atoms with Gasteiger partial charge in [0.2, 0.25) is 0 Å². The van der Waals surface area contributed by atoms with E-state index in [2.05, 4.69) is 29.4 Å². The first-order valence-electron chi connectivity index (χ1n) is 7.41. The van der Waals surface area contributed by atoms with E-state index < -0.39 is 0 Å². The number of nitrogens with one attached hydrogen (secondary N) is 2. The number of nitrogens with two attached hydrogens (primary N) is 1. The van der Waals surface area contributed by atoms with Crippen molar-refractivity contribution >= 4 is 23.6 Å². The molecule has 0 spiro atoms. The van der Waals surface area contributed by atoms with Crippen LogP contribution in [0.1, 0.15) is 18.1 Å². The van der Waals surface area contributed by atoms with Crippen LogP contribution in [0.2, 0.25) is 0 Å². The minimum absolute atomic E-state index is 0.403. The Morgan fingerprint density at radius 2 is 2.00 bits per heavy atom. The van der Waals surface area contributed by atoms with Gasteiger partial charge in [0.1, 0.15) is 0 Å². The van der Waals surface area contributed by atoms with E-state index in [1.807, 2.05) is 18.2 Å². The smallest absolute Gasteiger partial charge is 0.299 e. The van der Waals surface area contributed by atoms with E-state index in [1.165, 1.54) is 11.8 Å². The number of oxazole rings is 1. The van der Waals surface area contributed by atoms with Crippen LogP contribution in [0.5, 0.6) is 0 Å². The highest BCUT2D eigenvalue weighted by molar-refractivity contribution is 5.87. The minimum Gasteiger partial charge on any atom is -0.423 e. The second-order valence-electron chi connectivity index (χ2n) is 5.19. The molecule has 0 unspecified atom stereocenters. The Bertz CT molecular complexity index is 821. The first-order chi connectivity index (χ1) is 11.2. The number of hydrogen-bond acceptors (Lipinski definition) is 5. The second kappa shape index (κ2) is 6.36. The zero-order valence-corrected chi connectivity index (χ0v) is 12.8. The molecule has 0 aliphatic carbocycles. The van der Waals surface area contributed by atoms with Crippen molar-refractivity contribution in [1.82, 2.24) is 4.98 Å². The van der Waals surface area contributed by atoms with E-state index in [4.69, 9.17) is 15.6 Å². The van der Waals surface area contributed by atoms with Crippen molar-refractivity contribution in [2.75, 3.05) is 11.1 Å². The lowest BCUT2D eigenvalue weighted by Crippen LogP contribution is -1.96. The van der Waals surface area contributed by atoms with Gasteiger partial charge in [0.15, 0.2) is 5.76 Å². The van der Waals surface area contributed by atoms with Crippen LogP contribution in [-0.2, 0) is 6.42 Å². The van der Waals surface area contributed by atoms with E-state index in [0.29, 0.717) is 23.0 Å². The fraction of sp³-hybridized carbons (Fsp3) is 0.111. The van der Waals surface area contributed by atoms with Gasteiger partial charge in [-0.25, -0.2) is 4.98 Å². The molecule has 0 radical (unpaired) electrons. The van der Waals surface area contributed by atoms with Gasteiger partial charge in [0.05, 0.1) is 6.20 Å². The van der Waals surface area contributed by atoms with Gasteiger partial charge in [0.25, 0.3) is 6.01 Å². The molecule has 3 aromatic rings. The third-order valence-electron chi connectivity index (χ3n) is 3.65. The van der Waals surface area contributed by atoms with Crippen molar-refractivity contribution in [2.45, 2.75) is 13.3 Å². The fourth-order valence-electron chi connectivity index (χ4n) is 2.27. The molecule has 1 aromatic heterocycles. The average Bonchev–Trinajstić information content (AvgIpc) is 3.05. The van der Waals surface area contributed by atoms with Crippen LogP contribution < -0.4 is 11.1 Å². The summed E-state index contributed by atoms with van der Waals surface area (Å²) < 4.78 is 5.74. The SMILES string of the molecule is CCc1ccc(-c2cnc(Nc3ccc(N)c(C=N)c3)o2)cc1. The number of nitrogens with zero attached hydrogens (tertiary/aromatic N) is 1. The molecule has 23 heavy (non-hydrogen) atoms. The average molecular weight is 306 g/mol. The zero-order valence-electron chi connectivity index (χ0n) is 12.8. The Hall–Kier alpha value is -3.08. The monoisotopic (exact) mass is 306 g/mol. The summed E-state index contributed by atoms with van der Waals surface area (Å²) in [6.07, 6.45) is 3.92. The molecule has 0 aliphatic heterocycles. The Balaban J connectivity index is 1.80. The quantitative estimate of drug-likeness (QED) is 0.486. The number of anilines is 3. The van der Waals surface area contributed by atoms with Crippen molar-refractivity contribution in [1.29, 1.82) is 5.41 Å². The summed E-state index contributed by atoms with van der Waals surface area (Å²) in [5.74, 6) is 0.706. The van der Waals surface area contributed by atoms with Crippen molar-refractivity contribution < 1.29 is 4.42 Å². The third-order valence-corrected chi connectivity index (χ3v) is 3.65. The lowest BCUT2D eigenvalue weighted by Gasteiger charge is -2.05. The van der Waals surface area contributed by atoms with Gasteiger partial charge >= 0.3 is 0 Å². The van der Waals surface area contributed by atoms with Crippen LogP contribution >= 0.6 is 0 Å². The highest BCUT2D eigenvalue weighted by Crippen LogP contribution is 2.25. The summed E-state index contributed by atoms with van der Waals surface area (Å²) in [5, 5.41) is 10.4. The summed E-state index contributed by atoms with van der Waals surface area (Å²) in [6, 6.07) is 14.0. The highest BCUT2D eigenvalue weighted by atomic mass is 16.4. The number of benzene rings is 2. The largest absolute Gasteiger partial charge is 0.423 e. The number of rotatable bonds is 5. The molecular formula is C18H18N4O. The Morgan fingerprint density at radius 1 is 1.22 bits per heavy atom. The van der Waals surface area contributed by atoms with Gasteiger partial charge in [-0.1, -0.05) is 31.2 Å². The summed E-state index contributed by atoms with van der Waals surface area (Å²) in [5.41, 5.74) is 10.0. The molecule has 1 heterocycles. The Morgan fingerprint density at radius 3 is 2.70 bits per heavy atom. The molecule has 5 nitrogen and oxygen atoms in total. The predicted octanol–water partition coefficient (Wildman–Crippen LogP) is 4.23. The van der Waals surface area contributed by atoms with Crippen LogP contribution in [0.3, 0.4) is 0 Å². The summed E-state index contributed by atoms with van der Waals surface area (Å²) in [6.45, 7) is 2.13. The molecule has 4 N–H and O–H groups in total. The van der Waals surface area contributed by atoms with Gasteiger partial charge in [0, 0.05) is 28.7 Å². The molecule has 0 fully saturated rings. The summed E-state index contributed by atoms with van der Waals surface area (Å²) in [4.78, 5) is 4.24. The molecule has 0 bridgehead atoms. The standard InChI is InChI=1S/C18H18N4O/c1-2-12-3-5-13(6-4-12)17-11-21-18(23-17)22-15-7-8-16(20)14(9-15)10-19/h3-11,19H,2,20H2,1H3,(H,21,22). The van der Waals surface area contributed by atoms with Gasteiger partial charge in [-0.3, -0.25) is 0 Å². The van der Waals surface area contributed by atoms with Crippen LogP contribution in [0.15, 0.2) is 53.1 Å². The number of nitrogen functional groups attached to an aromatic ring is 1. The molecule has 3 rings (SSSR count). The van der Waals surface area contributed by atoms with Crippen LogP contribution in [0.25, 0.3) is 11.3 Å². The van der Waals surface area contributed by atoms with E-state index in [0.717, 1.165) is 17.7 Å². The highest BCUT2D eigenvalue weighted by Gasteiger charge is 2.07. The molecule has 2 aromatic carbocycles. The molecule has 0 saturated heterocycles. The topological polar surface area (TPSA) is 87.9 Å². The van der Waals surface area contributed by atoms with Crippen molar-refractivity contribution in [3.05, 3.63) is 59.8 Å². The van der Waals surface area contributed by atoms with E-state index in [1.54, 1.807) is 18.3 Å². The molecule has 0 aliphatic rings. The molecule has 5 heteroatoms. The predicted molar refractivity (Wildman–Crippen MR) is 93.3 cm³/mol. The fourth-order valence-corrected chi connectivity index (χ4v) is 2.27. The van der Waals surface area contributed by atoms with Gasteiger partial charge in [-0.05, 0) is 30.2 Å². The number of aryl methyl sites for hydroxylation is 1. The molecule has 0 amide bonds. The van der Waals surface area contributed by atoms with Gasteiger partial charge < -0.3 is 20.9 Å². The Labute approximate surface area is 134 Å².